The van der Waals surface area contributed by atoms with Gasteiger partial charge in [-0.05, 0) is 6.42 Å². The zero-order chi connectivity index (χ0) is 13.1. The predicted molar refractivity (Wildman–Crippen MR) is 61.6 cm³/mol. The van der Waals surface area contributed by atoms with Crippen molar-refractivity contribution < 1.29 is 23.8 Å². The summed E-state index contributed by atoms with van der Waals surface area (Å²) < 4.78 is 14.4. The van der Waals surface area contributed by atoms with Crippen LogP contribution in [0.5, 0.6) is 0 Å². The van der Waals surface area contributed by atoms with E-state index in [-0.39, 0.29) is 31.6 Å². The lowest BCUT2D eigenvalue weighted by atomic mass is 10.1. The molecule has 0 radical (unpaired) electrons. The molecule has 1 N–H and O–H groups in total. The Balaban J connectivity index is 3.44. The molecule has 0 aromatic carbocycles. The standard InChI is InChI=1S/C11H21NO5/c1-4-9(2)10(13)16-6-5-12-11(14)17-8-7-15-3/h9H,4-8H2,1-3H3,(H,12,14). The second-order valence-corrected chi connectivity index (χ2v) is 3.53. The van der Waals surface area contributed by atoms with E-state index in [0.29, 0.717) is 6.61 Å². The topological polar surface area (TPSA) is 73.9 Å². The summed E-state index contributed by atoms with van der Waals surface area (Å²) in [5.41, 5.74) is 0. The van der Waals surface area contributed by atoms with Gasteiger partial charge >= 0.3 is 12.1 Å². The molecule has 0 bridgehead atoms. The number of carbonyl (C=O) groups is 2. The quantitative estimate of drug-likeness (QED) is 0.510. The molecule has 6 nitrogen and oxygen atoms in total. The van der Waals surface area contributed by atoms with Crippen LogP contribution in [0.4, 0.5) is 4.79 Å². The molecular weight excluding hydrogens is 226 g/mol. The minimum atomic E-state index is -0.540. The van der Waals surface area contributed by atoms with Gasteiger partial charge in [0.15, 0.2) is 0 Å². The number of hydrogen-bond acceptors (Lipinski definition) is 5. The first-order chi connectivity index (χ1) is 8.11. The van der Waals surface area contributed by atoms with Crippen LogP contribution in [-0.2, 0) is 19.0 Å². The maximum Gasteiger partial charge on any atom is 0.407 e. The van der Waals surface area contributed by atoms with E-state index < -0.39 is 6.09 Å². The van der Waals surface area contributed by atoms with Crippen LogP contribution in [0.15, 0.2) is 0 Å². The van der Waals surface area contributed by atoms with Crippen molar-refractivity contribution in [1.29, 1.82) is 0 Å². The Hall–Kier alpha value is -1.30. The SMILES string of the molecule is CCC(C)C(=O)OCCNC(=O)OCCOC. The highest BCUT2D eigenvalue weighted by Gasteiger charge is 2.11. The highest BCUT2D eigenvalue weighted by atomic mass is 16.6. The van der Waals surface area contributed by atoms with E-state index in [0.717, 1.165) is 6.42 Å². The molecule has 6 heteroatoms. The number of esters is 1. The van der Waals surface area contributed by atoms with Crippen LogP contribution in [0.1, 0.15) is 20.3 Å². The molecule has 0 aromatic rings. The Morgan fingerprint density at radius 2 is 1.88 bits per heavy atom. The zero-order valence-corrected chi connectivity index (χ0v) is 10.7. The number of alkyl carbamates (subject to hydrolysis) is 1. The van der Waals surface area contributed by atoms with Crippen molar-refractivity contribution in [1.82, 2.24) is 5.32 Å². The highest BCUT2D eigenvalue weighted by molar-refractivity contribution is 5.72. The molecule has 1 amide bonds. The molecule has 0 aliphatic carbocycles. The van der Waals surface area contributed by atoms with Crippen LogP contribution in [0.2, 0.25) is 0 Å². The smallest absolute Gasteiger partial charge is 0.407 e. The lowest BCUT2D eigenvalue weighted by Gasteiger charge is -2.10. The molecule has 0 spiro atoms. The summed E-state index contributed by atoms with van der Waals surface area (Å²) in [7, 11) is 1.52. The number of hydrogen-bond donors (Lipinski definition) is 1. The molecule has 0 aromatic heterocycles. The van der Waals surface area contributed by atoms with Crippen LogP contribution in [-0.4, -0.2) is 45.5 Å². The molecule has 0 aliphatic rings. The van der Waals surface area contributed by atoms with Crippen molar-refractivity contribution in [3.63, 3.8) is 0 Å². The first-order valence-corrected chi connectivity index (χ1v) is 5.68. The van der Waals surface area contributed by atoms with E-state index in [4.69, 9.17) is 14.2 Å². The Labute approximate surface area is 102 Å². The maximum absolute atomic E-state index is 11.2. The van der Waals surface area contributed by atoms with Gasteiger partial charge in [-0.15, -0.1) is 0 Å². The molecule has 0 rings (SSSR count). The van der Waals surface area contributed by atoms with E-state index in [1.165, 1.54) is 7.11 Å². The van der Waals surface area contributed by atoms with Crippen LogP contribution < -0.4 is 5.32 Å². The average molecular weight is 247 g/mol. The van der Waals surface area contributed by atoms with Crippen LogP contribution in [0.3, 0.4) is 0 Å². The molecule has 0 fully saturated rings. The number of rotatable bonds is 8. The van der Waals surface area contributed by atoms with Gasteiger partial charge in [-0.2, -0.15) is 0 Å². The second-order valence-electron chi connectivity index (χ2n) is 3.53. The van der Waals surface area contributed by atoms with E-state index in [1.807, 2.05) is 6.92 Å². The Morgan fingerprint density at radius 3 is 2.47 bits per heavy atom. The van der Waals surface area contributed by atoms with Gasteiger partial charge in [0.05, 0.1) is 19.1 Å². The molecule has 0 heterocycles. The number of methoxy groups -OCH3 is 1. The summed E-state index contributed by atoms with van der Waals surface area (Å²) in [6.07, 6.45) is 0.201. The molecular formula is C11H21NO5. The number of ether oxygens (including phenoxy) is 3. The molecule has 0 aliphatic heterocycles. The Bertz CT molecular complexity index is 232. The van der Waals surface area contributed by atoms with E-state index in [9.17, 15) is 9.59 Å². The molecule has 0 saturated carbocycles. The highest BCUT2D eigenvalue weighted by Crippen LogP contribution is 2.02. The van der Waals surface area contributed by atoms with Crippen molar-refractivity contribution in [2.45, 2.75) is 20.3 Å². The fourth-order valence-corrected chi connectivity index (χ4v) is 0.882. The van der Waals surface area contributed by atoms with Crippen molar-refractivity contribution in [2.75, 3.05) is 33.5 Å². The summed E-state index contributed by atoms with van der Waals surface area (Å²) in [6.45, 7) is 4.67. The summed E-state index contributed by atoms with van der Waals surface area (Å²) >= 11 is 0. The summed E-state index contributed by atoms with van der Waals surface area (Å²) in [6, 6.07) is 0. The van der Waals surface area contributed by atoms with Crippen molar-refractivity contribution in [2.24, 2.45) is 5.92 Å². The van der Waals surface area contributed by atoms with Crippen LogP contribution >= 0.6 is 0 Å². The third kappa shape index (κ3) is 8.50. The number of amides is 1. The first kappa shape index (κ1) is 15.7. The van der Waals surface area contributed by atoms with E-state index in [2.05, 4.69) is 5.32 Å². The van der Waals surface area contributed by atoms with Gasteiger partial charge in [-0.3, -0.25) is 4.79 Å². The van der Waals surface area contributed by atoms with Gasteiger partial charge in [-0.25, -0.2) is 4.79 Å². The third-order valence-electron chi connectivity index (χ3n) is 2.15. The lowest BCUT2D eigenvalue weighted by Crippen LogP contribution is -2.30. The van der Waals surface area contributed by atoms with Crippen molar-refractivity contribution >= 4 is 12.1 Å². The van der Waals surface area contributed by atoms with E-state index in [1.54, 1.807) is 6.92 Å². The molecule has 1 atom stereocenters. The van der Waals surface area contributed by atoms with Crippen molar-refractivity contribution in [3.8, 4) is 0 Å². The molecule has 0 saturated heterocycles. The maximum atomic E-state index is 11.2. The monoisotopic (exact) mass is 247 g/mol. The van der Waals surface area contributed by atoms with Gasteiger partial charge in [0, 0.05) is 7.11 Å². The third-order valence-corrected chi connectivity index (χ3v) is 2.15. The normalized spacial score (nSPS) is 11.7. The largest absolute Gasteiger partial charge is 0.464 e. The summed E-state index contributed by atoms with van der Waals surface area (Å²) in [4.78, 5) is 22.3. The van der Waals surface area contributed by atoms with Gasteiger partial charge in [0.25, 0.3) is 0 Å². The lowest BCUT2D eigenvalue weighted by molar-refractivity contribution is -0.147. The number of nitrogens with one attached hydrogen (secondary N) is 1. The predicted octanol–water partition coefficient (Wildman–Crippen LogP) is 0.948. The van der Waals surface area contributed by atoms with Gasteiger partial charge in [0.1, 0.15) is 13.2 Å². The van der Waals surface area contributed by atoms with Crippen molar-refractivity contribution in [3.05, 3.63) is 0 Å². The molecule has 17 heavy (non-hydrogen) atoms. The zero-order valence-electron chi connectivity index (χ0n) is 10.7. The fraction of sp³-hybridized carbons (Fsp3) is 0.818. The first-order valence-electron chi connectivity index (χ1n) is 5.68. The van der Waals surface area contributed by atoms with Gasteiger partial charge < -0.3 is 19.5 Å². The number of carbonyl (C=O) groups excluding carboxylic acids is 2. The minimum Gasteiger partial charge on any atom is -0.464 e. The molecule has 1 unspecified atom stereocenters. The fourth-order valence-electron chi connectivity index (χ4n) is 0.882. The average Bonchev–Trinajstić information content (AvgIpc) is 2.33. The second kappa shape index (κ2) is 9.89. The van der Waals surface area contributed by atoms with Gasteiger partial charge in [-0.1, -0.05) is 13.8 Å². The minimum absolute atomic E-state index is 0.108. The van der Waals surface area contributed by atoms with Crippen LogP contribution in [0.25, 0.3) is 0 Å². The van der Waals surface area contributed by atoms with E-state index >= 15 is 0 Å². The summed E-state index contributed by atoms with van der Waals surface area (Å²) in [5, 5.41) is 2.46. The Kier molecular flexibility index (Phi) is 9.14. The molecule has 100 valence electrons. The van der Waals surface area contributed by atoms with Crippen LogP contribution in [0, 0.1) is 5.92 Å². The Morgan fingerprint density at radius 1 is 1.18 bits per heavy atom. The van der Waals surface area contributed by atoms with Gasteiger partial charge in [0.2, 0.25) is 0 Å². The summed E-state index contributed by atoms with van der Waals surface area (Å²) in [5.74, 6) is -0.356.